The molecule has 0 aromatic heterocycles. The van der Waals surface area contributed by atoms with Crippen molar-refractivity contribution in [1.82, 2.24) is 0 Å². The van der Waals surface area contributed by atoms with Crippen molar-refractivity contribution in [1.29, 1.82) is 0 Å². The van der Waals surface area contributed by atoms with Crippen LogP contribution in [0.2, 0.25) is 0 Å². The molecule has 0 saturated carbocycles. The Hall–Kier alpha value is -1.61. The summed E-state index contributed by atoms with van der Waals surface area (Å²) in [6, 6.07) is 13.2. The minimum atomic E-state index is -0.0795. The monoisotopic (exact) mass is 303 g/mol. The third kappa shape index (κ3) is 2.79. The van der Waals surface area contributed by atoms with Crippen LogP contribution in [0.3, 0.4) is 0 Å². The Labute approximate surface area is 115 Å². The molecule has 18 heavy (non-hydrogen) atoms. The summed E-state index contributed by atoms with van der Waals surface area (Å²) < 4.78 is 1.02. The summed E-state index contributed by atoms with van der Waals surface area (Å²) >= 11 is 3.45. The van der Waals surface area contributed by atoms with Crippen LogP contribution in [0.5, 0.6) is 0 Å². The Kier molecular flexibility index (Phi) is 3.82. The zero-order valence-corrected chi connectivity index (χ0v) is 11.9. The van der Waals surface area contributed by atoms with Crippen LogP contribution in [0.15, 0.2) is 46.9 Å². The molecular weight excluding hydrogens is 290 g/mol. The van der Waals surface area contributed by atoms with E-state index < -0.39 is 0 Å². The first-order valence-electron chi connectivity index (χ1n) is 5.71. The summed E-state index contributed by atoms with van der Waals surface area (Å²) in [5.41, 5.74) is 3.64. The van der Waals surface area contributed by atoms with Crippen molar-refractivity contribution >= 4 is 27.5 Å². The topological polar surface area (TPSA) is 29.1 Å². The van der Waals surface area contributed by atoms with Gasteiger partial charge in [0.05, 0.1) is 0 Å². The first-order valence-corrected chi connectivity index (χ1v) is 6.50. The molecule has 0 radical (unpaired) electrons. The first kappa shape index (κ1) is 12.8. The first-order chi connectivity index (χ1) is 8.58. The lowest BCUT2D eigenvalue weighted by Crippen LogP contribution is -2.13. The molecule has 1 N–H and O–H groups in total. The van der Waals surface area contributed by atoms with Gasteiger partial charge in [-0.05, 0) is 49.2 Å². The van der Waals surface area contributed by atoms with Gasteiger partial charge in [-0.25, -0.2) is 0 Å². The van der Waals surface area contributed by atoms with Crippen molar-refractivity contribution in [3.8, 4) is 0 Å². The lowest BCUT2D eigenvalue weighted by atomic mass is 10.1. The van der Waals surface area contributed by atoms with Gasteiger partial charge in [-0.3, -0.25) is 4.79 Å². The number of hydrogen-bond donors (Lipinski definition) is 1. The number of anilines is 1. The Morgan fingerprint density at radius 2 is 1.61 bits per heavy atom. The van der Waals surface area contributed by atoms with Crippen molar-refractivity contribution in [3.05, 3.63) is 63.6 Å². The minimum absolute atomic E-state index is 0.0795. The zero-order chi connectivity index (χ0) is 13.1. The van der Waals surface area contributed by atoms with E-state index in [1.807, 2.05) is 44.2 Å². The molecule has 2 aromatic rings. The third-order valence-corrected chi connectivity index (χ3v) is 3.23. The average molecular weight is 304 g/mol. The largest absolute Gasteiger partial charge is 0.322 e. The van der Waals surface area contributed by atoms with E-state index in [4.69, 9.17) is 0 Å². The van der Waals surface area contributed by atoms with Gasteiger partial charge in [0.1, 0.15) is 0 Å². The van der Waals surface area contributed by atoms with Gasteiger partial charge in [0.15, 0.2) is 0 Å². The van der Waals surface area contributed by atoms with E-state index >= 15 is 0 Å². The quantitative estimate of drug-likeness (QED) is 0.879. The predicted molar refractivity (Wildman–Crippen MR) is 78.0 cm³/mol. The second-order valence-electron chi connectivity index (χ2n) is 4.23. The van der Waals surface area contributed by atoms with Crippen LogP contribution < -0.4 is 5.32 Å². The maximum absolute atomic E-state index is 12.1. The molecule has 0 bridgehead atoms. The van der Waals surface area contributed by atoms with Crippen LogP contribution in [-0.2, 0) is 0 Å². The Balaban J connectivity index is 2.28. The van der Waals surface area contributed by atoms with Crippen molar-refractivity contribution in [2.45, 2.75) is 13.8 Å². The molecule has 0 atom stereocenters. The molecule has 0 aliphatic rings. The number of amides is 1. The average Bonchev–Trinajstić information content (AvgIpc) is 2.34. The normalized spacial score (nSPS) is 10.2. The molecule has 0 fully saturated rings. The molecule has 0 heterocycles. The molecule has 0 aliphatic carbocycles. The lowest BCUT2D eigenvalue weighted by Gasteiger charge is -2.12. The van der Waals surface area contributed by atoms with Crippen LogP contribution in [0, 0.1) is 13.8 Å². The van der Waals surface area contributed by atoms with Crippen molar-refractivity contribution in [2.75, 3.05) is 5.32 Å². The summed E-state index contributed by atoms with van der Waals surface area (Å²) in [7, 11) is 0. The summed E-state index contributed by atoms with van der Waals surface area (Å²) in [6.07, 6.45) is 0. The van der Waals surface area contributed by atoms with Crippen LogP contribution in [-0.4, -0.2) is 5.91 Å². The molecule has 1 amide bonds. The van der Waals surface area contributed by atoms with E-state index in [0.717, 1.165) is 21.3 Å². The van der Waals surface area contributed by atoms with Crippen molar-refractivity contribution in [2.24, 2.45) is 0 Å². The number of aryl methyl sites for hydroxylation is 2. The fourth-order valence-corrected chi connectivity index (χ4v) is 2.57. The van der Waals surface area contributed by atoms with E-state index in [1.165, 1.54) is 0 Å². The van der Waals surface area contributed by atoms with Gasteiger partial charge < -0.3 is 5.32 Å². The molecule has 92 valence electrons. The summed E-state index contributed by atoms with van der Waals surface area (Å²) in [6.45, 7) is 3.97. The summed E-state index contributed by atoms with van der Waals surface area (Å²) in [4.78, 5) is 12.1. The number of carbonyl (C=O) groups is 1. The molecule has 2 aromatic carbocycles. The molecule has 3 heteroatoms. The van der Waals surface area contributed by atoms with Gasteiger partial charge in [0, 0.05) is 15.7 Å². The standard InChI is InChI=1S/C15H14BrNO/c1-10-8-13(16)9-11(2)14(10)17-15(18)12-6-4-3-5-7-12/h3-9H,1-2H3,(H,17,18). The smallest absolute Gasteiger partial charge is 0.255 e. The van der Waals surface area contributed by atoms with Gasteiger partial charge in [0.2, 0.25) is 0 Å². The number of hydrogen-bond acceptors (Lipinski definition) is 1. The van der Waals surface area contributed by atoms with Gasteiger partial charge >= 0.3 is 0 Å². The second-order valence-corrected chi connectivity index (χ2v) is 5.15. The van der Waals surface area contributed by atoms with E-state index in [2.05, 4.69) is 21.2 Å². The summed E-state index contributed by atoms with van der Waals surface area (Å²) in [5.74, 6) is -0.0795. The Morgan fingerprint density at radius 3 is 2.17 bits per heavy atom. The van der Waals surface area contributed by atoms with E-state index in [1.54, 1.807) is 12.1 Å². The van der Waals surface area contributed by atoms with E-state index in [0.29, 0.717) is 5.56 Å². The highest BCUT2D eigenvalue weighted by molar-refractivity contribution is 9.10. The maximum atomic E-state index is 12.1. The van der Waals surface area contributed by atoms with Crippen LogP contribution >= 0.6 is 15.9 Å². The van der Waals surface area contributed by atoms with Crippen LogP contribution in [0.4, 0.5) is 5.69 Å². The fraction of sp³-hybridized carbons (Fsp3) is 0.133. The minimum Gasteiger partial charge on any atom is -0.322 e. The van der Waals surface area contributed by atoms with Crippen LogP contribution in [0.25, 0.3) is 0 Å². The van der Waals surface area contributed by atoms with Gasteiger partial charge in [-0.2, -0.15) is 0 Å². The number of halogens is 1. The predicted octanol–water partition coefficient (Wildman–Crippen LogP) is 4.32. The summed E-state index contributed by atoms with van der Waals surface area (Å²) in [5, 5.41) is 2.96. The Morgan fingerprint density at radius 1 is 1.06 bits per heavy atom. The SMILES string of the molecule is Cc1cc(Br)cc(C)c1NC(=O)c1ccccc1. The highest BCUT2D eigenvalue weighted by Gasteiger charge is 2.09. The molecular formula is C15H14BrNO. The molecule has 0 spiro atoms. The van der Waals surface area contributed by atoms with E-state index in [9.17, 15) is 4.79 Å². The Bertz CT molecular complexity index is 555. The molecule has 0 aliphatic heterocycles. The highest BCUT2D eigenvalue weighted by atomic mass is 79.9. The number of rotatable bonds is 2. The molecule has 0 saturated heterocycles. The third-order valence-electron chi connectivity index (χ3n) is 2.77. The van der Waals surface area contributed by atoms with Crippen molar-refractivity contribution < 1.29 is 4.79 Å². The van der Waals surface area contributed by atoms with Crippen molar-refractivity contribution in [3.63, 3.8) is 0 Å². The molecule has 0 unspecified atom stereocenters. The maximum Gasteiger partial charge on any atom is 0.255 e. The van der Waals surface area contributed by atoms with Gasteiger partial charge in [-0.15, -0.1) is 0 Å². The number of carbonyl (C=O) groups excluding carboxylic acids is 1. The fourth-order valence-electron chi connectivity index (χ4n) is 1.88. The van der Waals surface area contributed by atoms with Gasteiger partial charge in [-0.1, -0.05) is 34.1 Å². The zero-order valence-electron chi connectivity index (χ0n) is 10.3. The van der Waals surface area contributed by atoms with Crippen LogP contribution in [0.1, 0.15) is 21.5 Å². The highest BCUT2D eigenvalue weighted by Crippen LogP contribution is 2.25. The lowest BCUT2D eigenvalue weighted by molar-refractivity contribution is 0.102. The molecule has 2 nitrogen and oxygen atoms in total. The number of nitrogens with one attached hydrogen (secondary N) is 1. The van der Waals surface area contributed by atoms with E-state index in [-0.39, 0.29) is 5.91 Å². The second kappa shape index (κ2) is 5.36. The number of benzene rings is 2. The molecule has 2 rings (SSSR count). The van der Waals surface area contributed by atoms with Gasteiger partial charge in [0.25, 0.3) is 5.91 Å².